The van der Waals surface area contributed by atoms with E-state index in [2.05, 4.69) is 37.5 Å². The van der Waals surface area contributed by atoms with Crippen molar-refractivity contribution in [3.05, 3.63) is 31.6 Å². The van der Waals surface area contributed by atoms with Gasteiger partial charge in [-0.05, 0) is 182 Å². The van der Waals surface area contributed by atoms with Crippen LogP contribution in [0.4, 0.5) is 11.4 Å². The summed E-state index contributed by atoms with van der Waals surface area (Å²) in [6.45, 7) is 19.6. The van der Waals surface area contributed by atoms with Gasteiger partial charge < -0.3 is 41.0 Å². The van der Waals surface area contributed by atoms with E-state index < -0.39 is 36.0 Å². The Kier molecular flexibility index (Phi) is 20.6. The monoisotopic (exact) mass is 1030 g/mol. The summed E-state index contributed by atoms with van der Waals surface area (Å²) < 4.78 is 11.1. The second-order valence-corrected chi connectivity index (χ2v) is 25.0. The van der Waals surface area contributed by atoms with Gasteiger partial charge in [0.15, 0.2) is 0 Å². The molecule has 0 radical (unpaired) electrons. The zero-order chi connectivity index (χ0) is 53.2. The first-order valence-corrected chi connectivity index (χ1v) is 27.7. The molecule has 14 nitrogen and oxygen atoms in total. The number of ether oxygens (including phenoxy) is 2. The van der Waals surface area contributed by atoms with E-state index in [1.807, 2.05) is 41.5 Å². The van der Waals surface area contributed by atoms with Gasteiger partial charge in [0.25, 0.3) is 0 Å². The van der Waals surface area contributed by atoms with E-state index >= 15 is 0 Å². The van der Waals surface area contributed by atoms with Crippen LogP contribution >= 0.6 is 22.7 Å². The molecular weight excluding hydrogens is 953 g/mol. The van der Waals surface area contributed by atoms with Crippen LogP contribution in [0.3, 0.4) is 0 Å². The van der Waals surface area contributed by atoms with Gasteiger partial charge in [0, 0.05) is 34.7 Å². The highest BCUT2D eigenvalue weighted by Gasteiger charge is 2.40. The molecule has 0 unspecified atom stereocenters. The number of thiophene rings is 2. The first-order chi connectivity index (χ1) is 33.7. The van der Waals surface area contributed by atoms with Gasteiger partial charge in [0.1, 0.15) is 34.0 Å². The van der Waals surface area contributed by atoms with Gasteiger partial charge in [-0.25, -0.2) is 9.59 Å². The third-order valence-electron chi connectivity index (χ3n) is 14.0. The van der Waals surface area contributed by atoms with Gasteiger partial charge in [-0.1, -0.05) is 37.5 Å². The number of aromatic carboxylic acids is 2. The molecule has 6 N–H and O–H groups in total. The predicted octanol–water partition coefficient (Wildman–Crippen LogP) is 10.4. The Morgan fingerprint density at radius 2 is 0.861 bits per heavy atom. The van der Waals surface area contributed by atoms with Crippen molar-refractivity contribution in [2.75, 3.05) is 9.80 Å². The summed E-state index contributed by atoms with van der Waals surface area (Å²) in [5.41, 5.74) is 11.7. The summed E-state index contributed by atoms with van der Waals surface area (Å²) in [5.74, 6) is 10.6. The molecule has 6 rings (SSSR count). The number of rotatable bonds is 12. The Hall–Kier alpha value is -4.74. The fourth-order valence-electron chi connectivity index (χ4n) is 9.83. The molecule has 4 aliphatic carbocycles. The lowest BCUT2D eigenvalue weighted by molar-refractivity contribution is -0.152. The van der Waals surface area contributed by atoms with E-state index in [4.69, 9.17) is 20.9 Å². The van der Waals surface area contributed by atoms with Gasteiger partial charge in [-0.15, -0.1) is 22.7 Å². The van der Waals surface area contributed by atoms with Crippen LogP contribution in [0.1, 0.15) is 201 Å². The Balaban J connectivity index is 0.000000267. The third-order valence-corrected chi connectivity index (χ3v) is 16.0. The van der Waals surface area contributed by atoms with Gasteiger partial charge in [0.2, 0.25) is 11.8 Å². The van der Waals surface area contributed by atoms with Crippen LogP contribution in [0.25, 0.3) is 0 Å². The predicted molar refractivity (Wildman–Crippen MR) is 284 cm³/mol. The topological polar surface area (TPSA) is 220 Å². The molecule has 0 saturated heterocycles. The number of carboxylic acid groups (broad SMARTS) is 2. The fraction of sp³-hybridized carbons (Fsp3) is 0.679. The van der Waals surface area contributed by atoms with E-state index in [0.29, 0.717) is 84.3 Å². The van der Waals surface area contributed by atoms with Gasteiger partial charge in [-0.3, -0.25) is 19.2 Å². The van der Waals surface area contributed by atoms with Gasteiger partial charge in [0.05, 0.1) is 21.1 Å². The zero-order valence-corrected chi connectivity index (χ0v) is 45.9. The minimum absolute atomic E-state index is 0.00792. The van der Waals surface area contributed by atoms with Crippen LogP contribution in [-0.2, 0) is 28.7 Å². The SMILES string of the molecule is CC1CCC(C(=O)N(c2cc(C#CC(C)(C)C)sc2C(=O)O)C2CCC(OC(=O)[C@@H](C)N)CC2)CC1.CC1CCC(C(=O)N(c2cc(C#CC(C)(C)C)sc2C(=O)O)C2CCC(OC(=O)[C@H](C)N)CC2)CC1. The molecule has 2 aromatic heterocycles. The maximum absolute atomic E-state index is 14.0. The number of hydrogen-bond donors (Lipinski definition) is 4. The number of anilines is 2. The summed E-state index contributed by atoms with van der Waals surface area (Å²) in [4.78, 5) is 81.4. The van der Waals surface area contributed by atoms with Crippen LogP contribution in [0.2, 0.25) is 0 Å². The van der Waals surface area contributed by atoms with Crippen molar-refractivity contribution in [2.45, 2.75) is 208 Å². The van der Waals surface area contributed by atoms with Gasteiger partial charge >= 0.3 is 23.9 Å². The number of carbonyl (C=O) groups is 6. The molecule has 396 valence electrons. The Bertz CT molecular complexity index is 2190. The second kappa shape index (κ2) is 25.5. The summed E-state index contributed by atoms with van der Waals surface area (Å²) in [5, 5.41) is 20.1. The lowest BCUT2D eigenvalue weighted by Crippen LogP contribution is -2.47. The fourth-order valence-corrected chi connectivity index (χ4v) is 11.5. The zero-order valence-electron chi connectivity index (χ0n) is 44.3. The minimum Gasteiger partial charge on any atom is -0.477 e. The quantitative estimate of drug-likeness (QED) is 0.115. The lowest BCUT2D eigenvalue weighted by Gasteiger charge is -2.39. The molecule has 0 aromatic carbocycles. The van der Waals surface area contributed by atoms with Crippen molar-refractivity contribution < 1.29 is 48.5 Å². The Morgan fingerprint density at radius 1 is 0.556 bits per heavy atom. The second-order valence-electron chi connectivity index (χ2n) is 22.9. The molecule has 0 spiro atoms. The van der Waals surface area contributed by atoms with Crippen molar-refractivity contribution in [2.24, 2.45) is 46.0 Å². The highest BCUT2D eigenvalue weighted by molar-refractivity contribution is 7.15. The van der Waals surface area contributed by atoms with Crippen molar-refractivity contribution >= 4 is 69.7 Å². The number of nitrogens with zero attached hydrogens (tertiary/aromatic N) is 2. The minimum atomic E-state index is -1.05. The first-order valence-electron chi connectivity index (χ1n) is 26.1. The Morgan fingerprint density at radius 3 is 1.12 bits per heavy atom. The van der Waals surface area contributed by atoms with E-state index in [-0.39, 0.29) is 68.5 Å². The normalized spacial score (nSPS) is 25.3. The molecule has 4 fully saturated rings. The van der Waals surface area contributed by atoms with Crippen molar-refractivity contribution in [1.82, 2.24) is 0 Å². The summed E-state index contributed by atoms with van der Waals surface area (Å²) in [7, 11) is 0. The standard InChI is InChI=1S/2C28H40N2O5S/c2*1-17-6-8-19(9-7-17)25(31)30(20-10-12-21(13-11-20)35-27(34)18(2)29)23-16-22(14-15-28(3,4)5)36-24(23)26(32)33/h2*16-21H,6-13,29H2,1-5H3,(H,32,33)/t2*17?,18-,19?,20?,21?/m10/s1. The number of amides is 2. The molecule has 2 aromatic rings. The smallest absolute Gasteiger partial charge is 0.348 e. The maximum Gasteiger partial charge on any atom is 0.348 e. The number of carbonyl (C=O) groups excluding carboxylic acids is 4. The number of hydrogen-bond acceptors (Lipinski definition) is 12. The molecule has 72 heavy (non-hydrogen) atoms. The van der Waals surface area contributed by atoms with Crippen LogP contribution in [0.5, 0.6) is 0 Å². The van der Waals surface area contributed by atoms with Crippen LogP contribution in [0.15, 0.2) is 12.1 Å². The van der Waals surface area contributed by atoms with Crippen molar-refractivity contribution in [1.29, 1.82) is 0 Å². The highest BCUT2D eigenvalue weighted by Crippen LogP contribution is 2.41. The molecular formula is C56H80N4O10S2. The van der Waals surface area contributed by atoms with Crippen molar-refractivity contribution in [3.63, 3.8) is 0 Å². The molecule has 0 aliphatic heterocycles. The highest BCUT2D eigenvalue weighted by atomic mass is 32.1. The molecule has 4 aliphatic rings. The van der Waals surface area contributed by atoms with Crippen LogP contribution < -0.4 is 21.3 Å². The van der Waals surface area contributed by atoms with Crippen molar-refractivity contribution in [3.8, 4) is 23.7 Å². The average Bonchev–Trinajstić information content (AvgIpc) is 3.94. The maximum atomic E-state index is 14.0. The van der Waals surface area contributed by atoms with E-state index in [9.17, 15) is 39.0 Å². The van der Waals surface area contributed by atoms with E-state index in [0.717, 1.165) is 74.0 Å². The molecule has 4 saturated carbocycles. The first kappa shape index (κ1) is 58.2. The lowest BCUT2D eigenvalue weighted by atomic mass is 9.81. The number of carboxylic acids is 2. The molecule has 0 bridgehead atoms. The van der Waals surface area contributed by atoms with E-state index in [1.54, 1.807) is 35.8 Å². The number of esters is 2. The Labute approximate surface area is 435 Å². The number of nitrogens with two attached hydrogens (primary N) is 2. The molecule has 2 heterocycles. The van der Waals surface area contributed by atoms with Crippen LogP contribution in [-0.4, -0.2) is 82.3 Å². The van der Waals surface area contributed by atoms with E-state index in [1.165, 1.54) is 0 Å². The molecule has 16 heteroatoms. The summed E-state index contributed by atoms with van der Waals surface area (Å²) in [6, 6.07) is 1.89. The summed E-state index contributed by atoms with van der Waals surface area (Å²) in [6.07, 6.45) is 11.8. The largest absolute Gasteiger partial charge is 0.477 e. The average molecular weight is 1030 g/mol. The van der Waals surface area contributed by atoms with Gasteiger partial charge in [-0.2, -0.15) is 0 Å². The molecule has 2 atom stereocenters. The third kappa shape index (κ3) is 16.6. The van der Waals surface area contributed by atoms with Crippen LogP contribution in [0, 0.1) is 58.2 Å². The molecule has 2 amide bonds. The summed E-state index contributed by atoms with van der Waals surface area (Å²) >= 11 is 2.25.